The summed E-state index contributed by atoms with van der Waals surface area (Å²) < 4.78 is 0. The van der Waals surface area contributed by atoms with Crippen LogP contribution in [0, 0.1) is 0 Å². The summed E-state index contributed by atoms with van der Waals surface area (Å²) in [6.07, 6.45) is 1.36. The van der Waals surface area contributed by atoms with Gasteiger partial charge in [0.15, 0.2) is 0 Å². The van der Waals surface area contributed by atoms with Crippen LogP contribution in [0.4, 0.5) is 0 Å². The molecule has 1 N–H and O–H groups in total. The van der Waals surface area contributed by atoms with Crippen molar-refractivity contribution < 1.29 is 0 Å². The SMILES string of the molecule is CCN(CC)CCNC1CCSC1. The van der Waals surface area contributed by atoms with Crippen molar-refractivity contribution >= 4 is 11.8 Å². The molecule has 0 aromatic carbocycles. The van der Waals surface area contributed by atoms with Gasteiger partial charge >= 0.3 is 0 Å². The van der Waals surface area contributed by atoms with Crippen LogP contribution in [0.15, 0.2) is 0 Å². The Kier molecular flexibility index (Phi) is 5.83. The van der Waals surface area contributed by atoms with Crippen LogP contribution in [-0.4, -0.2) is 48.6 Å². The van der Waals surface area contributed by atoms with Gasteiger partial charge < -0.3 is 10.2 Å². The normalized spacial score (nSPS) is 22.8. The van der Waals surface area contributed by atoms with Gasteiger partial charge in [-0.1, -0.05) is 13.8 Å². The highest BCUT2D eigenvalue weighted by Gasteiger charge is 2.13. The quantitative estimate of drug-likeness (QED) is 0.701. The van der Waals surface area contributed by atoms with Gasteiger partial charge in [-0.15, -0.1) is 0 Å². The standard InChI is InChI=1S/C10H22N2S/c1-3-12(4-2)7-6-11-10-5-8-13-9-10/h10-11H,3-9H2,1-2H3. The number of likely N-dealkylation sites (N-methyl/N-ethyl adjacent to an activating group) is 1. The monoisotopic (exact) mass is 202 g/mol. The Morgan fingerprint density at radius 2 is 2.15 bits per heavy atom. The van der Waals surface area contributed by atoms with E-state index in [1.54, 1.807) is 0 Å². The van der Waals surface area contributed by atoms with Crippen molar-refractivity contribution in [3.63, 3.8) is 0 Å². The first-order chi connectivity index (χ1) is 6.36. The molecule has 1 fully saturated rings. The molecule has 0 saturated carbocycles. The molecule has 0 aromatic rings. The molecule has 0 bridgehead atoms. The fraction of sp³-hybridized carbons (Fsp3) is 1.00. The zero-order valence-electron chi connectivity index (χ0n) is 8.88. The third-order valence-corrected chi connectivity index (χ3v) is 3.85. The van der Waals surface area contributed by atoms with Crippen LogP contribution in [0.3, 0.4) is 0 Å². The highest BCUT2D eigenvalue weighted by atomic mass is 32.2. The van der Waals surface area contributed by atoms with Crippen LogP contribution in [-0.2, 0) is 0 Å². The van der Waals surface area contributed by atoms with E-state index < -0.39 is 0 Å². The second kappa shape index (κ2) is 6.68. The van der Waals surface area contributed by atoms with Crippen LogP contribution in [0.2, 0.25) is 0 Å². The molecule has 1 rings (SSSR count). The average Bonchev–Trinajstić information content (AvgIpc) is 2.65. The Bertz CT molecular complexity index is 118. The van der Waals surface area contributed by atoms with Gasteiger partial charge in [-0.3, -0.25) is 0 Å². The lowest BCUT2D eigenvalue weighted by molar-refractivity contribution is 0.298. The van der Waals surface area contributed by atoms with E-state index in [-0.39, 0.29) is 0 Å². The maximum atomic E-state index is 3.62. The van der Waals surface area contributed by atoms with E-state index in [4.69, 9.17) is 0 Å². The predicted molar refractivity (Wildman–Crippen MR) is 61.5 cm³/mol. The van der Waals surface area contributed by atoms with E-state index in [2.05, 4.69) is 35.8 Å². The van der Waals surface area contributed by atoms with Crippen LogP contribution in [0.5, 0.6) is 0 Å². The maximum Gasteiger partial charge on any atom is 0.0166 e. The minimum atomic E-state index is 0.792. The highest BCUT2D eigenvalue weighted by molar-refractivity contribution is 7.99. The molecule has 0 aromatic heterocycles. The van der Waals surface area contributed by atoms with Gasteiger partial charge in [0, 0.05) is 24.9 Å². The fourth-order valence-electron chi connectivity index (χ4n) is 1.66. The first-order valence-electron chi connectivity index (χ1n) is 5.40. The van der Waals surface area contributed by atoms with Crippen molar-refractivity contribution in [2.75, 3.05) is 37.7 Å². The Labute approximate surface area is 86.5 Å². The maximum absolute atomic E-state index is 3.62. The van der Waals surface area contributed by atoms with Crippen molar-refractivity contribution in [3.05, 3.63) is 0 Å². The Morgan fingerprint density at radius 1 is 1.38 bits per heavy atom. The average molecular weight is 202 g/mol. The summed E-state index contributed by atoms with van der Waals surface area (Å²) in [6, 6.07) is 0.792. The summed E-state index contributed by atoms with van der Waals surface area (Å²) in [5.41, 5.74) is 0. The molecule has 78 valence electrons. The minimum absolute atomic E-state index is 0.792. The number of rotatable bonds is 6. The van der Waals surface area contributed by atoms with Gasteiger partial charge in [-0.05, 0) is 25.3 Å². The van der Waals surface area contributed by atoms with E-state index in [9.17, 15) is 0 Å². The van der Waals surface area contributed by atoms with Crippen LogP contribution in [0.1, 0.15) is 20.3 Å². The molecule has 1 aliphatic heterocycles. The highest BCUT2D eigenvalue weighted by Crippen LogP contribution is 2.16. The zero-order valence-corrected chi connectivity index (χ0v) is 9.70. The summed E-state index contributed by atoms with van der Waals surface area (Å²) in [7, 11) is 0. The number of hydrogen-bond donors (Lipinski definition) is 1. The van der Waals surface area contributed by atoms with Crippen molar-refractivity contribution in [2.24, 2.45) is 0 Å². The van der Waals surface area contributed by atoms with Crippen molar-refractivity contribution in [1.82, 2.24) is 10.2 Å². The molecule has 0 amide bonds. The van der Waals surface area contributed by atoms with Crippen molar-refractivity contribution in [1.29, 1.82) is 0 Å². The molecule has 1 heterocycles. The predicted octanol–water partition coefficient (Wildman–Crippen LogP) is 1.42. The number of hydrogen-bond acceptors (Lipinski definition) is 3. The second-order valence-corrected chi connectivity index (χ2v) is 4.69. The third-order valence-electron chi connectivity index (χ3n) is 2.69. The molecule has 0 spiro atoms. The summed E-state index contributed by atoms with van der Waals surface area (Å²) >= 11 is 2.08. The molecule has 1 unspecified atom stereocenters. The molecule has 1 atom stereocenters. The molecule has 3 heteroatoms. The lowest BCUT2D eigenvalue weighted by Gasteiger charge is -2.19. The Morgan fingerprint density at radius 3 is 2.69 bits per heavy atom. The van der Waals surface area contributed by atoms with Crippen LogP contribution in [0.25, 0.3) is 0 Å². The van der Waals surface area contributed by atoms with Gasteiger partial charge in [-0.2, -0.15) is 11.8 Å². The van der Waals surface area contributed by atoms with E-state index in [0.29, 0.717) is 0 Å². The lowest BCUT2D eigenvalue weighted by Crippen LogP contribution is -2.37. The van der Waals surface area contributed by atoms with E-state index in [0.717, 1.165) is 12.6 Å². The topological polar surface area (TPSA) is 15.3 Å². The van der Waals surface area contributed by atoms with E-state index >= 15 is 0 Å². The number of nitrogens with zero attached hydrogens (tertiary/aromatic N) is 1. The smallest absolute Gasteiger partial charge is 0.0166 e. The van der Waals surface area contributed by atoms with Gasteiger partial charge in [0.05, 0.1) is 0 Å². The Hall–Kier alpha value is 0.270. The second-order valence-electron chi connectivity index (χ2n) is 3.54. The fourth-order valence-corrected chi connectivity index (χ4v) is 2.85. The molecular formula is C10H22N2S. The molecule has 0 aliphatic carbocycles. The molecule has 13 heavy (non-hydrogen) atoms. The van der Waals surface area contributed by atoms with E-state index in [1.165, 1.54) is 37.6 Å². The zero-order chi connectivity index (χ0) is 9.52. The van der Waals surface area contributed by atoms with Gasteiger partial charge in [0.25, 0.3) is 0 Å². The number of nitrogens with one attached hydrogen (secondary N) is 1. The van der Waals surface area contributed by atoms with Gasteiger partial charge in [-0.25, -0.2) is 0 Å². The summed E-state index contributed by atoms with van der Waals surface area (Å²) in [4.78, 5) is 2.47. The van der Waals surface area contributed by atoms with E-state index in [1.807, 2.05) is 0 Å². The molecule has 1 saturated heterocycles. The Balaban J connectivity index is 1.98. The first kappa shape index (κ1) is 11.3. The minimum Gasteiger partial charge on any atom is -0.312 e. The molecule has 2 nitrogen and oxygen atoms in total. The van der Waals surface area contributed by atoms with Gasteiger partial charge in [0.1, 0.15) is 0 Å². The lowest BCUT2D eigenvalue weighted by atomic mass is 10.2. The largest absolute Gasteiger partial charge is 0.312 e. The third kappa shape index (κ3) is 4.34. The summed E-state index contributed by atoms with van der Waals surface area (Å²) in [5.74, 6) is 2.67. The molecular weight excluding hydrogens is 180 g/mol. The summed E-state index contributed by atoms with van der Waals surface area (Å²) in [5, 5.41) is 3.62. The first-order valence-corrected chi connectivity index (χ1v) is 6.55. The molecule has 0 radical (unpaired) electrons. The van der Waals surface area contributed by atoms with Crippen LogP contribution >= 0.6 is 11.8 Å². The van der Waals surface area contributed by atoms with Crippen LogP contribution < -0.4 is 5.32 Å². The number of thioether (sulfide) groups is 1. The molecule has 1 aliphatic rings. The summed E-state index contributed by atoms with van der Waals surface area (Å²) in [6.45, 7) is 9.18. The van der Waals surface area contributed by atoms with Gasteiger partial charge in [0.2, 0.25) is 0 Å². The van der Waals surface area contributed by atoms with Crippen molar-refractivity contribution in [3.8, 4) is 0 Å². The van der Waals surface area contributed by atoms with Crippen molar-refractivity contribution in [2.45, 2.75) is 26.3 Å².